The average molecular weight is 426 g/mol. The molecule has 2 bridgehead atoms. The van der Waals surface area contributed by atoms with Crippen molar-refractivity contribution in [2.24, 2.45) is 23.7 Å². The lowest BCUT2D eigenvalue weighted by atomic mass is 9.58. The highest BCUT2D eigenvalue weighted by atomic mass is 17.3. The minimum absolute atomic E-state index is 0.0123. The van der Waals surface area contributed by atoms with E-state index in [1.54, 1.807) is 0 Å². The Morgan fingerprint density at radius 2 is 1.90 bits per heavy atom. The Bertz CT molecular complexity index is 655. The van der Waals surface area contributed by atoms with Gasteiger partial charge in [0.1, 0.15) is 0 Å². The van der Waals surface area contributed by atoms with E-state index >= 15 is 0 Å². The third-order valence-corrected chi connectivity index (χ3v) is 8.08. The standard InChI is InChI=1S/C22H35NO7/c1-14-4-5-17-15(2)19(26-18(24)7-9-23-10-12-25-13-11-23)27-20-22(17)16(14)6-8-21(3,28-20)29-30-22/h14-17,19-20H,4-13H2,1-3H3/t14-,15-,16+,17+,19-,20?,21+,22?/m1/s1. The van der Waals surface area contributed by atoms with Crippen LogP contribution in [-0.2, 0) is 33.5 Å². The Kier molecular flexibility index (Phi) is 5.61. The van der Waals surface area contributed by atoms with Crippen LogP contribution in [-0.4, -0.2) is 67.7 Å². The van der Waals surface area contributed by atoms with E-state index < -0.39 is 24.0 Å². The van der Waals surface area contributed by atoms with Gasteiger partial charge in [0.05, 0.1) is 19.6 Å². The van der Waals surface area contributed by atoms with Crippen molar-refractivity contribution in [3.8, 4) is 0 Å². The van der Waals surface area contributed by atoms with Gasteiger partial charge in [-0.3, -0.25) is 9.69 Å². The number of carbonyl (C=O) groups excluding carboxylic acids is 1. The highest BCUT2D eigenvalue weighted by molar-refractivity contribution is 5.69. The topological polar surface area (TPSA) is 75.7 Å². The molecule has 6 fully saturated rings. The van der Waals surface area contributed by atoms with Crippen molar-refractivity contribution in [1.82, 2.24) is 4.90 Å². The quantitative estimate of drug-likeness (QED) is 0.502. The predicted octanol–water partition coefficient (Wildman–Crippen LogP) is 2.46. The summed E-state index contributed by atoms with van der Waals surface area (Å²) in [6, 6.07) is 0. The molecule has 0 N–H and O–H groups in total. The summed E-state index contributed by atoms with van der Waals surface area (Å²) in [7, 11) is 0. The first-order valence-corrected chi connectivity index (χ1v) is 11.6. The molecule has 30 heavy (non-hydrogen) atoms. The maximum Gasteiger partial charge on any atom is 0.309 e. The molecule has 6 rings (SSSR count). The molecule has 1 spiro atoms. The van der Waals surface area contributed by atoms with Gasteiger partial charge in [-0.25, -0.2) is 9.78 Å². The lowest BCUT2D eigenvalue weighted by Crippen LogP contribution is -2.70. The molecule has 0 amide bonds. The van der Waals surface area contributed by atoms with Crippen LogP contribution in [0.2, 0.25) is 0 Å². The highest BCUT2D eigenvalue weighted by Crippen LogP contribution is 2.60. The van der Waals surface area contributed by atoms with Gasteiger partial charge in [-0.15, -0.1) is 0 Å². The first-order chi connectivity index (χ1) is 14.4. The number of rotatable bonds is 4. The van der Waals surface area contributed by atoms with Crippen LogP contribution in [0.4, 0.5) is 0 Å². The van der Waals surface area contributed by atoms with E-state index in [1.807, 2.05) is 6.92 Å². The van der Waals surface area contributed by atoms with E-state index in [0.29, 0.717) is 24.8 Å². The second-order valence-corrected chi connectivity index (χ2v) is 9.97. The summed E-state index contributed by atoms with van der Waals surface area (Å²) in [6.07, 6.45) is 3.04. The predicted molar refractivity (Wildman–Crippen MR) is 105 cm³/mol. The molecule has 5 heterocycles. The molecular formula is C22H35NO7. The molecule has 1 saturated carbocycles. The molecule has 8 nitrogen and oxygen atoms in total. The SMILES string of the molecule is C[C@H]1[C@H](OC(=O)CCN2CCOCC2)OC2O[C@]3(C)CC[C@H]4[C@H](C)CC[C@@H]1C24OO3. The monoisotopic (exact) mass is 425 g/mol. The lowest BCUT2D eigenvalue weighted by Gasteiger charge is -2.59. The van der Waals surface area contributed by atoms with Gasteiger partial charge in [0.2, 0.25) is 12.1 Å². The smallest absolute Gasteiger partial charge is 0.309 e. The van der Waals surface area contributed by atoms with Crippen molar-refractivity contribution in [3.05, 3.63) is 0 Å². The van der Waals surface area contributed by atoms with Crippen LogP contribution in [0.1, 0.15) is 52.9 Å². The van der Waals surface area contributed by atoms with Gasteiger partial charge in [-0.05, 0) is 38.0 Å². The van der Waals surface area contributed by atoms with E-state index in [1.165, 1.54) is 0 Å². The van der Waals surface area contributed by atoms with E-state index in [9.17, 15) is 4.79 Å². The van der Waals surface area contributed by atoms with Crippen LogP contribution in [0.25, 0.3) is 0 Å². The number of carbonyl (C=O) groups is 1. The van der Waals surface area contributed by atoms with Gasteiger partial charge in [-0.1, -0.05) is 13.8 Å². The van der Waals surface area contributed by atoms with Crippen LogP contribution in [0.5, 0.6) is 0 Å². The number of hydrogen-bond acceptors (Lipinski definition) is 8. The molecule has 0 aromatic rings. The van der Waals surface area contributed by atoms with Crippen molar-refractivity contribution in [2.75, 3.05) is 32.8 Å². The first-order valence-electron chi connectivity index (χ1n) is 11.6. The fourth-order valence-electron chi connectivity index (χ4n) is 6.27. The summed E-state index contributed by atoms with van der Waals surface area (Å²) >= 11 is 0. The summed E-state index contributed by atoms with van der Waals surface area (Å²) in [5.74, 6) is -0.0402. The number of morpholine rings is 1. The van der Waals surface area contributed by atoms with Crippen molar-refractivity contribution >= 4 is 5.97 Å². The molecule has 5 saturated heterocycles. The maximum atomic E-state index is 12.6. The number of hydrogen-bond donors (Lipinski definition) is 0. The van der Waals surface area contributed by atoms with E-state index in [-0.39, 0.29) is 17.8 Å². The molecule has 170 valence electrons. The summed E-state index contributed by atoms with van der Waals surface area (Å²) in [5.41, 5.74) is -0.621. The summed E-state index contributed by atoms with van der Waals surface area (Å²) in [6.45, 7) is 10.2. The maximum absolute atomic E-state index is 12.6. The van der Waals surface area contributed by atoms with Gasteiger partial charge >= 0.3 is 5.97 Å². The van der Waals surface area contributed by atoms with Crippen LogP contribution >= 0.6 is 0 Å². The van der Waals surface area contributed by atoms with Crippen LogP contribution in [0.15, 0.2) is 0 Å². The fourth-order valence-corrected chi connectivity index (χ4v) is 6.27. The second-order valence-electron chi connectivity index (χ2n) is 9.97. The largest absolute Gasteiger partial charge is 0.435 e. The van der Waals surface area contributed by atoms with Crippen molar-refractivity contribution < 1.29 is 33.5 Å². The highest BCUT2D eigenvalue weighted by Gasteiger charge is 2.69. The van der Waals surface area contributed by atoms with Crippen molar-refractivity contribution in [2.45, 2.75) is 76.8 Å². The average Bonchev–Trinajstić information content (AvgIpc) is 2.97. The molecule has 0 aromatic carbocycles. The van der Waals surface area contributed by atoms with E-state index in [0.717, 1.165) is 52.0 Å². The molecule has 2 unspecified atom stereocenters. The Labute approximate surface area is 178 Å². The minimum Gasteiger partial charge on any atom is -0.435 e. The molecule has 0 radical (unpaired) electrons. The van der Waals surface area contributed by atoms with Crippen LogP contribution in [0, 0.1) is 23.7 Å². The zero-order valence-corrected chi connectivity index (χ0v) is 18.3. The molecule has 8 heteroatoms. The van der Waals surface area contributed by atoms with Crippen LogP contribution < -0.4 is 0 Å². The zero-order valence-electron chi connectivity index (χ0n) is 18.3. The van der Waals surface area contributed by atoms with Crippen LogP contribution in [0.3, 0.4) is 0 Å². The normalized spacial score (nSPS) is 48.6. The minimum atomic E-state index is -0.816. The first kappa shape index (κ1) is 21.1. The van der Waals surface area contributed by atoms with Gasteiger partial charge in [-0.2, -0.15) is 0 Å². The Balaban J connectivity index is 1.29. The summed E-state index contributed by atoms with van der Waals surface area (Å²) < 4.78 is 23.8. The summed E-state index contributed by atoms with van der Waals surface area (Å²) in [5, 5.41) is 0. The molecule has 1 aliphatic carbocycles. The third kappa shape index (κ3) is 3.49. The summed E-state index contributed by atoms with van der Waals surface area (Å²) in [4.78, 5) is 26.8. The number of fused-ring (bicyclic) bond motifs is 2. The second kappa shape index (κ2) is 7.98. The van der Waals surface area contributed by atoms with Gasteiger partial charge in [0.25, 0.3) is 0 Å². The number of nitrogens with zero attached hydrogens (tertiary/aromatic N) is 1. The van der Waals surface area contributed by atoms with Crippen molar-refractivity contribution in [3.63, 3.8) is 0 Å². The lowest BCUT2D eigenvalue weighted by molar-refractivity contribution is -0.576. The Morgan fingerprint density at radius 1 is 1.10 bits per heavy atom. The number of ether oxygens (including phenoxy) is 4. The molecule has 6 aliphatic rings. The van der Waals surface area contributed by atoms with Gasteiger partial charge in [0.15, 0.2) is 11.9 Å². The van der Waals surface area contributed by atoms with E-state index in [2.05, 4.69) is 18.7 Å². The Morgan fingerprint density at radius 3 is 2.70 bits per heavy atom. The van der Waals surface area contributed by atoms with Gasteiger partial charge in [0, 0.05) is 37.9 Å². The Hall–Kier alpha value is -0.770. The third-order valence-electron chi connectivity index (χ3n) is 8.08. The molecule has 8 atom stereocenters. The molecule has 0 aromatic heterocycles. The van der Waals surface area contributed by atoms with Crippen molar-refractivity contribution in [1.29, 1.82) is 0 Å². The molecule has 5 aliphatic heterocycles. The fraction of sp³-hybridized carbons (Fsp3) is 0.955. The number of esters is 1. The zero-order chi connectivity index (χ0) is 20.9. The van der Waals surface area contributed by atoms with E-state index in [4.69, 9.17) is 28.7 Å². The molecular weight excluding hydrogens is 390 g/mol. The van der Waals surface area contributed by atoms with Gasteiger partial charge < -0.3 is 18.9 Å².